The zero-order valence-electron chi connectivity index (χ0n) is 11.6. The van der Waals surface area contributed by atoms with Gasteiger partial charge in [0.25, 0.3) is 0 Å². The SMILES string of the molecule is COCCc1c(CCN)nnn1C(C)CCOC. The van der Waals surface area contributed by atoms with Gasteiger partial charge in [0.1, 0.15) is 0 Å². The van der Waals surface area contributed by atoms with E-state index >= 15 is 0 Å². The Hall–Kier alpha value is -0.980. The third-order valence-corrected chi connectivity index (χ3v) is 2.95. The van der Waals surface area contributed by atoms with Gasteiger partial charge in [-0.25, -0.2) is 4.68 Å². The Morgan fingerprint density at radius 2 is 1.94 bits per heavy atom. The summed E-state index contributed by atoms with van der Waals surface area (Å²) in [5.74, 6) is 0. The number of hydrogen-bond donors (Lipinski definition) is 1. The molecular formula is C12H24N4O2. The highest BCUT2D eigenvalue weighted by Crippen LogP contribution is 2.16. The van der Waals surface area contributed by atoms with Gasteiger partial charge < -0.3 is 15.2 Å². The van der Waals surface area contributed by atoms with Crippen LogP contribution in [0.4, 0.5) is 0 Å². The smallest absolute Gasteiger partial charge is 0.0872 e. The minimum absolute atomic E-state index is 0.274. The summed E-state index contributed by atoms with van der Waals surface area (Å²) in [6.45, 7) is 4.10. The second-order valence-electron chi connectivity index (χ2n) is 4.34. The van der Waals surface area contributed by atoms with Crippen molar-refractivity contribution in [3.05, 3.63) is 11.4 Å². The molecule has 1 atom stereocenters. The molecule has 0 aliphatic carbocycles. The Morgan fingerprint density at radius 1 is 1.22 bits per heavy atom. The quantitative estimate of drug-likeness (QED) is 0.699. The molecule has 104 valence electrons. The fourth-order valence-corrected chi connectivity index (χ4v) is 1.90. The molecule has 0 radical (unpaired) electrons. The number of nitrogens with zero attached hydrogens (tertiary/aromatic N) is 3. The number of nitrogens with two attached hydrogens (primary N) is 1. The van der Waals surface area contributed by atoms with Gasteiger partial charge in [0.2, 0.25) is 0 Å². The van der Waals surface area contributed by atoms with Gasteiger partial charge in [0.15, 0.2) is 0 Å². The lowest BCUT2D eigenvalue weighted by Gasteiger charge is -2.14. The number of methoxy groups -OCH3 is 2. The normalized spacial score (nSPS) is 12.9. The Balaban J connectivity index is 2.81. The van der Waals surface area contributed by atoms with Crippen LogP contribution in [0, 0.1) is 0 Å². The highest BCUT2D eigenvalue weighted by molar-refractivity contribution is 5.12. The first kappa shape index (κ1) is 15.1. The third-order valence-electron chi connectivity index (χ3n) is 2.95. The molecule has 6 nitrogen and oxygen atoms in total. The molecule has 6 heteroatoms. The number of hydrogen-bond acceptors (Lipinski definition) is 5. The largest absolute Gasteiger partial charge is 0.385 e. The highest BCUT2D eigenvalue weighted by atomic mass is 16.5. The molecule has 1 aromatic rings. The van der Waals surface area contributed by atoms with E-state index in [-0.39, 0.29) is 6.04 Å². The predicted octanol–water partition coefficient (Wildman–Crippen LogP) is 0.566. The number of aromatic nitrogens is 3. The predicted molar refractivity (Wildman–Crippen MR) is 69.6 cm³/mol. The summed E-state index contributed by atoms with van der Waals surface area (Å²) in [6, 6.07) is 0.274. The second kappa shape index (κ2) is 8.18. The molecule has 0 aromatic carbocycles. The minimum Gasteiger partial charge on any atom is -0.385 e. The van der Waals surface area contributed by atoms with Gasteiger partial charge in [-0.1, -0.05) is 5.21 Å². The highest BCUT2D eigenvalue weighted by Gasteiger charge is 2.16. The molecule has 1 heterocycles. The Kier molecular flexibility index (Phi) is 6.85. The van der Waals surface area contributed by atoms with Crippen molar-refractivity contribution in [2.75, 3.05) is 34.0 Å². The molecule has 0 saturated carbocycles. The van der Waals surface area contributed by atoms with E-state index < -0.39 is 0 Å². The van der Waals surface area contributed by atoms with Gasteiger partial charge in [0.05, 0.1) is 24.0 Å². The lowest BCUT2D eigenvalue weighted by molar-refractivity contribution is 0.175. The van der Waals surface area contributed by atoms with Crippen molar-refractivity contribution in [2.24, 2.45) is 5.73 Å². The molecule has 18 heavy (non-hydrogen) atoms. The van der Waals surface area contributed by atoms with Crippen LogP contribution in [0.1, 0.15) is 30.8 Å². The van der Waals surface area contributed by atoms with Crippen LogP contribution in [-0.2, 0) is 22.3 Å². The van der Waals surface area contributed by atoms with Gasteiger partial charge in [0, 0.05) is 33.7 Å². The summed E-state index contributed by atoms with van der Waals surface area (Å²) >= 11 is 0. The van der Waals surface area contributed by atoms with E-state index in [0.717, 1.165) is 37.3 Å². The molecule has 2 N–H and O–H groups in total. The van der Waals surface area contributed by atoms with Gasteiger partial charge in [-0.2, -0.15) is 0 Å². The van der Waals surface area contributed by atoms with Crippen LogP contribution in [0.5, 0.6) is 0 Å². The van der Waals surface area contributed by atoms with Crippen LogP contribution in [0.3, 0.4) is 0 Å². The van der Waals surface area contributed by atoms with Crippen LogP contribution >= 0.6 is 0 Å². The lowest BCUT2D eigenvalue weighted by atomic mass is 10.1. The first-order valence-corrected chi connectivity index (χ1v) is 6.35. The van der Waals surface area contributed by atoms with E-state index in [9.17, 15) is 0 Å². The number of ether oxygens (including phenoxy) is 2. The van der Waals surface area contributed by atoms with Crippen molar-refractivity contribution < 1.29 is 9.47 Å². The fraction of sp³-hybridized carbons (Fsp3) is 0.833. The van der Waals surface area contributed by atoms with E-state index in [4.69, 9.17) is 15.2 Å². The Bertz CT molecular complexity index is 341. The molecule has 1 aromatic heterocycles. The van der Waals surface area contributed by atoms with Crippen molar-refractivity contribution in [2.45, 2.75) is 32.2 Å². The second-order valence-corrected chi connectivity index (χ2v) is 4.34. The van der Waals surface area contributed by atoms with Crippen molar-refractivity contribution in [3.63, 3.8) is 0 Å². The van der Waals surface area contributed by atoms with Crippen molar-refractivity contribution in [1.82, 2.24) is 15.0 Å². The first-order chi connectivity index (χ1) is 8.74. The Labute approximate surface area is 108 Å². The molecule has 0 aliphatic rings. The maximum absolute atomic E-state index is 5.60. The summed E-state index contributed by atoms with van der Waals surface area (Å²) in [4.78, 5) is 0. The van der Waals surface area contributed by atoms with E-state index in [0.29, 0.717) is 13.2 Å². The van der Waals surface area contributed by atoms with Crippen molar-refractivity contribution >= 4 is 0 Å². The van der Waals surface area contributed by atoms with Crippen LogP contribution in [0.2, 0.25) is 0 Å². The van der Waals surface area contributed by atoms with Crippen LogP contribution in [0.15, 0.2) is 0 Å². The van der Waals surface area contributed by atoms with Gasteiger partial charge in [-0.15, -0.1) is 5.10 Å². The Morgan fingerprint density at radius 3 is 2.56 bits per heavy atom. The van der Waals surface area contributed by atoms with Crippen molar-refractivity contribution in [3.8, 4) is 0 Å². The zero-order valence-corrected chi connectivity index (χ0v) is 11.6. The van der Waals surface area contributed by atoms with Crippen LogP contribution in [0.25, 0.3) is 0 Å². The summed E-state index contributed by atoms with van der Waals surface area (Å²) in [7, 11) is 3.41. The molecule has 0 fully saturated rings. The standard InChI is InChI=1S/C12H24N4O2/c1-10(5-8-17-2)16-12(6-9-18-3)11(4-7-13)14-15-16/h10H,4-9,13H2,1-3H3. The average Bonchev–Trinajstić information content (AvgIpc) is 2.77. The molecule has 0 amide bonds. The summed E-state index contributed by atoms with van der Waals surface area (Å²) in [6.07, 6.45) is 2.49. The van der Waals surface area contributed by atoms with E-state index in [2.05, 4.69) is 17.2 Å². The lowest BCUT2D eigenvalue weighted by Crippen LogP contribution is -2.15. The fourth-order valence-electron chi connectivity index (χ4n) is 1.90. The van der Waals surface area contributed by atoms with Crippen LogP contribution in [-0.4, -0.2) is 49.0 Å². The molecule has 0 spiro atoms. The summed E-state index contributed by atoms with van der Waals surface area (Å²) in [5, 5.41) is 8.47. The third kappa shape index (κ3) is 4.04. The van der Waals surface area contributed by atoms with Gasteiger partial charge in [-0.05, 0) is 19.9 Å². The summed E-state index contributed by atoms with van der Waals surface area (Å²) < 4.78 is 12.2. The van der Waals surface area contributed by atoms with E-state index in [1.54, 1.807) is 14.2 Å². The van der Waals surface area contributed by atoms with E-state index in [1.165, 1.54) is 0 Å². The zero-order chi connectivity index (χ0) is 13.4. The van der Waals surface area contributed by atoms with E-state index in [1.807, 2.05) is 4.68 Å². The van der Waals surface area contributed by atoms with Gasteiger partial charge >= 0.3 is 0 Å². The molecular weight excluding hydrogens is 232 g/mol. The van der Waals surface area contributed by atoms with Gasteiger partial charge in [-0.3, -0.25) is 0 Å². The minimum atomic E-state index is 0.274. The maximum Gasteiger partial charge on any atom is 0.0872 e. The maximum atomic E-state index is 5.60. The molecule has 0 aliphatic heterocycles. The van der Waals surface area contributed by atoms with Crippen molar-refractivity contribution in [1.29, 1.82) is 0 Å². The first-order valence-electron chi connectivity index (χ1n) is 6.35. The molecule has 0 bridgehead atoms. The average molecular weight is 256 g/mol. The molecule has 1 rings (SSSR count). The molecule has 1 unspecified atom stereocenters. The molecule has 0 saturated heterocycles. The number of rotatable bonds is 9. The topological polar surface area (TPSA) is 75.2 Å². The monoisotopic (exact) mass is 256 g/mol. The van der Waals surface area contributed by atoms with Crippen LogP contribution < -0.4 is 5.73 Å². The summed E-state index contributed by atoms with van der Waals surface area (Å²) in [5.41, 5.74) is 7.71.